The molecule has 11 saturated heterocycles. The topological polar surface area (TPSA) is 360 Å². The third kappa shape index (κ3) is 79.0. The molecule has 11 aliphatic rings. The third-order valence-electron chi connectivity index (χ3n) is 28.1. The fraction of sp³-hybridized carbons (Fsp3) is 0.990. The molecule has 11 rings (SSSR count). The van der Waals surface area contributed by atoms with Gasteiger partial charge in [0.15, 0.2) is 0 Å². The number of aliphatic carboxylic acids is 1. The van der Waals surface area contributed by atoms with Crippen LogP contribution in [-0.2, 0) is 4.79 Å². The fourth-order valence-electron chi connectivity index (χ4n) is 19.1. The largest absolute Gasteiger partial charge is 0.481 e. The van der Waals surface area contributed by atoms with E-state index >= 15 is 0 Å². The minimum absolute atomic E-state index is 0.254. The van der Waals surface area contributed by atoms with Crippen molar-refractivity contribution >= 4 is 5.97 Å². The molecule has 0 aromatic rings. The number of piperidine rings is 11. The molecule has 0 atom stereocenters. The molecule has 0 aliphatic carbocycles. The number of carboxylic acid groups (broad SMARTS) is 1. The van der Waals surface area contributed by atoms with Crippen LogP contribution in [0.5, 0.6) is 0 Å². The van der Waals surface area contributed by atoms with E-state index in [9.17, 15) is 4.79 Å². The van der Waals surface area contributed by atoms with Crippen molar-refractivity contribution in [3.05, 3.63) is 0 Å². The molecule has 0 aromatic heterocycles. The second-order valence-corrected chi connectivity index (χ2v) is 38.9. The van der Waals surface area contributed by atoms with Crippen LogP contribution in [0, 0.1) is 23.7 Å². The van der Waals surface area contributed by atoms with Crippen molar-refractivity contribution in [2.45, 2.75) is 365 Å². The fourth-order valence-corrected chi connectivity index (χ4v) is 19.1. The molecular formula is C102H220N18O9. The van der Waals surface area contributed by atoms with Gasteiger partial charge in [-0.05, 0) is 421 Å². The molecule has 27 heteroatoms. The van der Waals surface area contributed by atoms with E-state index in [-0.39, 0.29) is 13.2 Å². The normalized spacial score (nSPS) is 20.1. The van der Waals surface area contributed by atoms with Crippen molar-refractivity contribution in [2.24, 2.45) is 23.7 Å². The Bertz CT molecular complexity index is 2130. The lowest BCUT2D eigenvalue weighted by molar-refractivity contribution is -0.137. The minimum Gasteiger partial charge on any atom is -0.481 e. The third-order valence-corrected chi connectivity index (χ3v) is 28.1. The lowest BCUT2D eigenvalue weighted by Gasteiger charge is -2.31. The van der Waals surface area contributed by atoms with Gasteiger partial charge in [0.1, 0.15) is 0 Å². The molecule has 27 nitrogen and oxygen atoms in total. The number of carbonyl (C=O) groups is 1. The van der Waals surface area contributed by atoms with Crippen LogP contribution in [0.4, 0.5) is 0 Å². The Labute approximate surface area is 794 Å². The molecule has 11 fully saturated rings. The molecule has 11 heterocycles. The monoisotopic (exact) mass is 1840 g/mol. The highest BCUT2D eigenvalue weighted by molar-refractivity contribution is 5.66. The van der Waals surface area contributed by atoms with E-state index in [1.165, 1.54) is 342 Å². The highest BCUT2D eigenvalue weighted by Crippen LogP contribution is 2.23. The Hall–Kier alpha value is -1.53. The standard InChI is InChI=1S/C13H27N.C12H26N2O.C11H24N2O.C9H20N2O.C9H17NO2.C9H19NO.2C8H18N2O.C8H18N2.C8H17N.C7H16N2O/c1-2-3-4-5-6-7-8-13-9-11-14-12-10-13;1-14(10-4-2-3-5-11-15)12-6-8-13-9-7-12;14-10-4-2-1-3-7-13-11-5-8-12-9-6-11;1-11(7-2-8-12)9-3-5-10-6-4-9;11-9(12)3-1-2-8-4-6-10-7-5-8;11-8-2-1-3-9-4-6-10-7-5-9;1-10(6-7-11)8-2-4-9-5-3-8;11-7-1-4-10-8-2-5-9-6-3-8;1-3-10(2)8-4-6-9-7-5-8;1-2-3-8-4-6-9-7-5-8;10-6-5-9-7-1-3-8-4-2-7/h13-14H,2-12H2,1H3;12-13,15H,2-11H2,1H3;11-14H,1-10H2;9-10,12H,2-8H2,1H3;8,10H,1-7H2,(H,11,12);9-11H,1-8H2;8-9,11H,2-7H2,1H3;8-11H,1-7H2;8-9H,3-7H2,1-2H3;8-9H,2-7H2,1H3;7-10H,1-6H2. The molecule has 0 unspecified atom stereocenters. The minimum atomic E-state index is -0.663. The number of likely N-dealkylation sites (N-methyl/N-ethyl adjacent to an activating group) is 1. The number of aliphatic hydroxyl groups is 7. The van der Waals surface area contributed by atoms with Crippen molar-refractivity contribution in [3.63, 3.8) is 0 Å². The van der Waals surface area contributed by atoms with Gasteiger partial charge in [0.05, 0.1) is 13.2 Å². The summed E-state index contributed by atoms with van der Waals surface area (Å²) in [6.45, 7) is 41.9. The first-order chi connectivity index (χ1) is 63.2. The summed E-state index contributed by atoms with van der Waals surface area (Å²) in [6, 6.07) is 5.11. The number of hydrogen-bond acceptors (Lipinski definition) is 26. The van der Waals surface area contributed by atoms with Gasteiger partial charge in [0.2, 0.25) is 0 Å². The smallest absolute Gasteiger partial charge is 0.303 e. The number of nitrogens with zero attached hydrogens (tertiary/aromatic N) is 4. The van der Waals surface area contributed by atoms with Crippen LogP contribution in [0.15, 0.2) is 0 Å². The van der Waals surface area contributed by atoms with Crippen LogP contribution in [0.25, 0.3) is 0 Å². The van der Waals surface area contributed by atoms with E-state index < -0.39 is 5.97 Å². The van der Waals surface area contributed by atoms with Gasteiger partial charge in [-0.15, -0.1) is 0 Å². The molecular weight excluding hydrogens is 1620 g/mol. The van der Waals surface area contributed by atoms with E-state index in [0.29, 0.717) is 57.6 Å². The Balaban J connectivity index is 0.000000711. The van der Waals surface area contributed by atoms with Gasteiger partial charge in [-0.25, -0.2) is 0 Å². The van der Waals surface area contributed by atoms with E-state index in [1.54, 1.807) is 0 Å². The Morgan fingerprint density at radius 2 is 0.512 bits per heavy atom. The van der Waals surface area contributed by atoms with Crippen molar-refractivity contribution in [1.82, 2.24) is 94.0 Å². The van der Waals surface area contributed by atoms with Gasteiger partial charge in [-0.1, -0.05) is 117 Å². The summed E-state index contributed by atoms with van der Waals surface area (Å²) >= 11 is 0. The zero-order chi connectivity index (χ0) is 93.8. The number of nitrogens with one attached hydrogen (secondary N) is 14. The van der Waals surface area contributed by atoms with E-state index in [2.05, 4.69) is 143 Å². The van der Waals surface area contributed by atoms with Crippen LogP contribution in [-0.4, -0.2) is 373 Å². The van der Waals surface area contributed by atoms with Gasteiger partial charge in [-0.3, -0.25) is 4.79 Å². The predicted octanol–water partition coefficient (Wildman–Crippen LogP) is 9.45. The summed E-state index contributed by atoms with van der Waals surface area (Å²) in [6.07, 6.45) is 58.3. The molecule has 0 bridgehead atoms. The van der Waals surface area contributed by atoms with Crippen LogP contribution < -0.4 is 74.4 Å². The predicted molar refractivity (Wildman–Crippen MR) is 548 cm³/mol. The molecule has 0 saturated carbocycles. The van der Waals surface area contributed by atoms with Crippen LogP contribution in [0.3, 0.4) is 0 Å². The summed E-state index contributed by atoms with van der Waals surface area (Å²) in [4.78, 5) is 19.8. The molecule has 0 spiro atoms. The summed E-state index contributed by atoms with van der Waals surface area (Å²) in [5, 5.41) is 116. The van der Waals surface area contributed by atoms with Gasteiger partial charge in [-0.2, -0.15) is 0 Å². The molecule has 772 valence electrons. The zero-order valence-corrected chi connectivity index (χ0v) is 85.3. The maximum Gasteiger partial charge on any atom is 0.303 e. The quantitative estimate of drug-likeness (QED) is 0.0252. The van der Waals surface area contributed by atoms with E-state index in [0.717, 1.165) is 191 Å². The molecule has 129 heavy (non-hydrogen) atoms. The summed E-state index contributed by atoms with van der Waals surface area (Å²) in [7, 11) is 8.72. The first-order valence-corrected chi connectivity index (χ1v) is 54.5. The molecule has 0 aromatic carbocycles. The zero-order valence-electron chi connectivity index (χ0n) is 85.3. The van der Waals surface area contributed by atoms with Gasteiger partial charge < -0.3 is 135 Å². The number of aliphatic hydroxyl groups excluding tert-OH is 7. The molecule has 22 N–H and O–H groups in total. The van der Waals surface area contributed by atoms with Gasteiger partial charge in [0, 0.05) is 101 Å². The van der Waals surface area contributed by atoms with Crippen molar-refractivity contribution in [2.75, 3.05) is 264 Å². The number of rotatable bonds is 47. The Morgan fingerprint density at radius 3 is 0.845 bits per heavy atom. The van der Waals surface area contributed by atoms with Crippen molar-refractivity contribution in [1.29, 1.82) is 0 Å². The average Bonchev–Trinajstić information content (AvgIpc) is 0.919. The second-order valence-electron chi connectivity index (χ2n) is 38.9. The van der Waals surface area contributed by atoms with E-state index in [1.807, 2.05) is 0 Å². The number of unbranched alkanes of at least 4 members (excludes halogenated alkanes) is 12. The lowest BCUT2D eigenvalue weighted by atomic mass is 9.92. The highest BCUT2D eigenvalue weighted by atomic mass is 16.4. The second kappa shape index (κ2) is 96.7. The van der Waals surface area contributed by atoms with Crippen molar-refractivity contribution < 1.29 is 45.6 Å². The van der Waals surface area contributed by atoms with Crippen LogP contribution in [0.2, 0.25) is 0 Å². The van der Waals surface area contributed by atoms with Crippen LogP contribution >= 0.6 is 0 Å². The highest BCUT2D eigenvalue weighted by Gasteiger charge is 2.23. The summed E-state index contributed by atoms with van der Waals surface area (Å²) in [5.41, 5.74) is 0. The maximum absolute atomic E-state index is 10.2. The summed E-state index contributed by atoms with van der Waals surface area (Å²) in [5.74, 6) is 3.12. The maximum atomic E-state index is 10.2. The number of carboxylic acids is 1. The van der Waals surface area contributed by atoms with Crippen molar-refractivity contribution in [3.8, 4) is 0 Å². The number of hydrogen-bond donors (Lipinski definition) is 22. The molecule has 11 aliphatic heterocycles. The average molecular weight is 1840 g/mol. The first kappa shape index (κ1) is 125. The lowest BCUT2D eigenvalue weighted by Crippen LogP contribution is -2.42. The SMILES string of the molecule is CCCC1CCNCC1.CCCCCCCCC1CCNCC1.CCN(C)C1CCNCC1.CN(CCCCCCO)C1CCNCC1.CN(CCCO)C1CCNCC1.CN(CCO)C1CCNCC1.O=C(O)CCCC1CCNCC1.OCCCCC1CCNCC1.OCCCCCCNC1CCNCC1.OCCCNC1CCNCC1.OCCNC1CCNCC1. The Morgan fingerprint density at radius 1 is 0.248 bits per heavy atom. The van der Waals surface area contributed by atoms with Gasteiger partial charge in [0.25, 0.3) is 0 Å². The molecule has 0 radical (unpaired) electrons. The van der Waals surface area contributed by atoms with Crippen LogP contribution in [0.1, 0.15) is 323 Å². The first-order valence-electron chi connectivity index (χ1n) is 54.5. The summed E-state index contributed by atoms with van der Waals surface area (Å²) < 4.78 is 0. The van der Waals surface area contributed by atoms with E-state index in [4.69, 9.17) is 40.9 Å². The Kier molecular flexibility index (Phi) is 94.1. The molecule has 0 amide bonds. The van der Waals surface area contributed by atoms with Gasteiger partial charge >= 0.3 is 5.97 Å².